The molecule has 0 aromatic carbocycles. The van der Waals surface area contributed by atoms with Gasteiger partial charge in [-0.1, -0.05) is 11.2 Å². The summed E-state index contributed by atoms with van der Waals surface area (Å²) in [5, 5.41) is 0. The number of nitrogens with two attached hydrogens (primary N) is 1. The van der Waals surface area contributed by atoms with E-state index in [1.54, 1.807) is 6.26 Å². The monoisotopic (exact) mass is 149 g/mol. The highest BCUT2D eigenvalue weighted by molar-refractivity contribution is 7.90. The quantitative estimate of drug-likeness (QED) is 0.424. The number of hydrogen-bond donors (Lipinski definition) is 1. The zero-order valence-corrected chi connectivity index (χ0v) is 6.19. The van der Waals surface area contributed by atoms with Crippen molar-refractivity contribution in [2.24, 2.45) is 5.73 Å². The first-order chi connectivity index (χ1) is 4.16. The number of aldehydes is 1. The summed E-state index contributed by atoms with van der Waals surface area (Å²) in [7, 11) is 0. The molecule has 0 saturated carbocycles. The van der Waals surface area contributed by atoms with Crippen molar-refractivity contribution in [2.45, 2.75) is 12.5 Å². The van der Waals surface area contributed by atoms with Crippen molar-refractivity contribution in [3.63, 3.8) is 0 Å². The van der Waals surface area contributed by atoms with Crippen LogP contribution in [-0.2, 0) is 16.0 Å². The summed E-state index contributed by atoms with van der Waals surface area (Å²) in [5.41, 5.74) is 5.22. The largest absolute Gasteiger partial charge is 0.617 e. The second-order valence-electron chi connectivity index (χ2n) is 1.87. The molecular formula is C5H11NO2S. The molecule has 2 N–H and O–H groups in total. The average molecular weight is 149 g/mol. The van der Waals surface area contributed by atoms with Crippen LogP contribution in [0.5, 0.6) is 0 Å². The minimum atomic E-state index is -0.827. The van der Waals surface area contributed by atoms with Crippen molar-refractivity contribution in [3.8, 4) is 0 Å². The van der Waals surface area contributed by atoms with Crippen molar-refractivity contribution < 1.29 is 9.35 Å². The van der Waals surface area contributed by atoms with Gasteiger partial charge >= 0.3 is 0 Å². The molecule has 0 aliphatic rings. The van der Waals surface area contributed by atoms with E-state index in [1.165, 1.54) is 0 Å². The van der Waals surface area contributed by atoms with Crippen molar-refractivity contribution in [3.05, 3.63) is 0 Å². The van der Waals surface area contributed by atoms with E-state index in [9.17, 15) is 9.35 Å². The molecule has 0 aromatic heterocycles. The van der Waals surface area contributed by atoms with Crippen molar-refractivity contribution in [1.82, 2.24) is 0 Å². The van der Waals surface area contributed by atoms with Crippen LogP contribution in [0.3, 0.4) is 0 Å². The van der Waals surface area contributed by atoms with Crippen LogP contribution in [0.2, 0.25) is 0 Å². The third-order valence-corrected chi connectivity index (χ3v) is 1.72. The van der Waals surface area contributed by atoms with Crippen LogP contribution in [0, 0.1) is 0 Å². The van der Waals surface area contributed by atoms with Gasteiger partial charge in [-0.05, 0) is 0 Å². The topological polar surface area (TPSA) is 66.2 Å². The summed E-state index contributed by atoms with van der Waals surface area (Å²) in [6.07, 6.45) is 2.79. The van der Waals surface area contributed by atoms with Gasteiger partial charge in [-0.3, -0.25) is 0 Å². The Bertz CT molecular complexity index is 87.0. The van der Waals surface area contributed by atoms with E-state index in [2.05, 4.69) is 0 Å². The minimum Gasteiger partial charge on any atom is -0.617 e. The lowest BCUT2D eigenvalue weighted by atomic mass is 10.3. The first-order valence-electron chi connectivity index (χ1n) is 2.67. The van der Waals surface area contributed by atoms with Crippen molar-refractivity contribution >= 4 is 17.5 Å². The first-order valence-corrected chi connectivity index (χ1v) is 4.40. The smallest absolute Gasteiger partial charge is 0.136 e. The molecule has 0 aliphatic heterocycles. The molecule has 9 heavy (non-hydrogen) atoms. The molecule has 3 nitrogen and oxygen atoms in total. The Kier molecular flexibility index (Phi) is 4.75. The van der Waals surface area contributed by atoms with Gasteiger partial charge in [0.05, 0.1) is 12.3 Å². The number of carbonyl (C=O) groups excluding carboxylic acids is 1. The Labute approximate surface area is 57.8 Å². The molecule has 0 heterocycles. The average Bonchev–Trinajstić information content (AvgIpc) is 1.83. The third-order valence-electron chi connectivity index (χ3n) is 0.913. The molecular weight excluding hydrogens is 138 g/mol. The molecule has 4 heteroatoms. The number of hydrogen-bond acceptors (Lipinski definition) is 3. The Morgan fingerprint density at radius 1 is 1.89 bits per heavy atom. The summed E-state index contributed by atoms with van der Waals surface area (Å²) in [6, 6.07) is -0.436. The molecule has 1 unspecified atom stereocenters. The fourth-order valence-corrected chi connectivity index (χ4v) is 0.974. The Morgan fingerprint density at radius 3 is 2.78 bits per heavy atom. The molecule has 0 aliphatic carbocycles. The van der Waals surface area contributed by atoms with E-state index in [0.717, 1.165) is 0 Å². The van der Waals surface area contributed by atoms with Gasteiger partial charge in [0, 0.05) is 6.42 Å². The van der Waals surface area contributed by atoms with E-state index in [1.807, 2.05) is 0 Å². The Balaban J connectivity index is 3.16. The summed E-state index contributed by atoms with van der Waals surface area (Å²) >= 11 is -0.827. The normalized spacial score (nSPS) is 16.8. The molecule has 0 radical (unpaired) electrons. The molecule has 0 saturated heterocycles. The molecule has 2 atom stereocenters. The van der Waals surface area contributed by atoms with Gasteiger partial charge < -0.3 is 15.1 Å². The molecule has 0 amide bonds. The zero-order valence-electron chi connectivity index (χ0n) is 5.37. The van der Waals surface area contributed by atoms with Gasteiger partial charge in [0.25, 0.3) is 0 Å². The highest BCUT2D eigenvalue weighted by Crippen LogP contribution is 1.90. The maximum Gasteiger partial charge on any atom is 0.136 e. The van der Waals surface area contributed by atoms with Gasteiger partial charge in [0.15, 0.2) is 0 Å². The summed E-state index contributed by atoms with van der Waals surface area (Å²) in [5.74, 6) is 0.514. The van der Waals surface area contributed by atoms with Crippen molar-refractivity contribution in [2.75, 3.05) is 12.0 Å². The minimum absolute atomic E-state index is 0.436. The van der Waals surface area contributed by atoms with Crippen LogP contribution < -0.4 is 5.73 Å². The second-order valence-corrected chi connectivity index (χ2v) is 3.42. The van der Waals surface area contributed by atoms with E-state index >= 15 is 0 Å². The Morgan fingerprint density at radius 2 is 2.44 bits per heavy atom. The SMILES string of the molecule is C[S+]([O-])CC[C@@H](N)C=O. The fourth-order valence-electron chi connectivity index (χ4n) is 0.370. The van der Waals surface area contributed by atoms with Crippen LogP contribution in [0.4, 0.5) is 0 Å². The summed E-state index contributed by atoms with van der Waals surface area (Å²) in [6.45, 7) is 0. The fraction of sp³-hybridized carbons (Fsp3) is 0.800. The van der Waals surface area contributed by atoms with E-state index in [0.29, 0.717) is 18.5 Å². The van der Waals surface area contributed by atoms with Crippen molar-refractivity contribution in [1.29, 1.82) is 0 Å². The molecule has 0 rings (SSSR count). The van der Waals surface area contributed by atoms with E-state index in [4.69, 9.17) is 5.73 Å². The lowest BCUT2D eigenvalue weighted by Crippen LogP contribution is -2.24. The lowest BCUT2D eigenvalue weighted by Gasteiger charge is -2.05. The molecule has 0 spiro atoms. The zero-order chi connectivity index (χ0) is 7.28. The van der Waals surface area contributed by atoms with Gasteiger partial charge in [0.1, 0.15) is 12.0 Å². The molecule has 54 valence electrons. The lowest BCUT2D eigenvalue weighted by molar-refractivity contribution is -0.108. The van der Waals surface area contributed by atoms with Gasteiger partial charge in [-0.2, -0.15) is 0 Å². The molecule has 0 aromatic rings. The maximum atomic E-state index is 10.4. The summed E-state index contributed by atoms with van der Waals surface area (Å²) < 4.78 is 10.4. The summed E-state index contributed by atoms with van der Waals surface area (Å²) in [4.78, 5) is 9.89. The van der Waals surface area contributed by atoms with Gasteiger partial charge in [-0.15, -0.1) is 0 Å². The highest BCUT2D eigenvalue weighted by Gasteiger charge is 2.03. The van der Waals surface area contributed by atoms with Crippen LogP contribution >= 0.6 is 0 Å². The predicted molar refractivity (Wildman–Crippen MR) is 37.6 cm³/mol. The van der Waals surface area contributed by atoms with E-state index < -0.39 is 17.2 Å². The predicted octanol–water partition coefficient (Wildman–Crippen LogP) is -0.719. The second kappa shape index (κ2) is 4.78. The van der Waals surface area contributed by atoms with Crippen LogP contribution in [-0.4, -0.2) is 28.9 Å². The maximum absolute atomic E-state index is 10.4. The van der Waals surface area contributed by atoms with Gasteiger partial charge in [0.2, 0.25) is 0 Å². The van der Waals surface area contributed by atoms with E-state index in [-0.39, 0.29) is 0 Å². The Hall–Kier alpha value is -0.0600. The van der Waals surface area contributed by atoms with Gasteiger partial charge in [-0.25, -0.2) is 0 Å². The third kappa shape index (κ3) is 5.82. The first kappa shape index (κ1) is 8.94. The molecule has 0 fully saturated rings. The van der Waals surface area contributed by atoms with Crippen LogP contribution in [0.15, 0.2) is 0 Å². The van der Waals surface area contributed by atoms with Crippen LogP contribution in [0.1, 0.15) is 6.42 Å². The number of rotatable bonds is 4. The number of carbonyl (C=O) groups is 1. The molecule has 0 bridgehead atoms. The van der Waals surface area contributed by atoms with Crippen LogP contribution in [0.25, 0.3) is 0 Å². The highest BCUT2D eigenvalue weighted by atomic mass is 32.2. The standard InChI is InChI=1S/C5H11NO2S/c1-9(8)3-2-5(6)4-7/h4-5H,2-3,6H2,1H3/t5-,9?/m1/s1.